The molecular formula is C17H20N8O6. The molecule has 1 unspecified atom stereocenters. The van der Waals surface area contributed by atoms with Crippen LogP contribution in [0.3, 0.4) is 0 Å². The number of imidazole rings is 1. The van der Waals surface area contributed by atoms with E-state index in [2.05, 4.69) is 25.5 Å². The van der Waals surface area contributed by atoms with Crippen molar-refractivity contribution < 1.29 is 30.5 Å². The number of nitrogens with zero attached hydrogens (tertiary/aromatic N) is 5. The van der Waals surface area contributed by atoms with Crippen LogP contribution in [-0.2, 0) is 4.74 Å². The van der Waals surface area contributed by atoms with Crippen LogP contribution in [0.25, 0.3) is 11.2 Å². The van der Waals surface area contributed by atoms with E-state index < -0.39 is 36.4 Å². The van der Waals surface area contributed by atoms with Crippen molar-refractivity contribution in [2.75, 3.05) is 17.8 Å². The number of rotatable bonds is 6. The van der Waals surface area contributed by atoms with Crippen LogP contribution in [-0.4, -0.2) is 71.2 Å². The van der Waals surface area contributed by atoms with Gasteiger partial charge in [0.25, 0.3) is 0 Å². The van der Waals surface area contributed by atoms with E-state index in [9.17, 15) is 20.5 Å². The number of quaternary nitrogens is 1. The summed E-state index contributed by atoms with van der Waals surface area (Å²) in [4.78, 5) is 12.3. The number of hydrazone groups is 1. The lowest BCUT2D eigenvalue weighted by Crippen LogP contribution is -2.99. The third kappa shape index (κ3) is 3.91. The topological polar surface area (TPSA) is 212 Å². The molecular weight excluding hydrogens is 412 g/mol. The Balaban J connectivity index is 1.69. The summed E-state index contributed by atoms with van der Waals surface area (Å²) in [5.74, 6) is 0.152. The zero-order valence-electron chi connectivity index (χ0n) is 15.9. The molecule has 14 heteroatoms. The maximum absolute atomic E-state index is 11.1. The molecule has 0 spiro atoms. The van der Waals surface area contributed by atoms with Gasteiger partial charge in [-0.1, -0.05) is 12.1 Å². The van der Waals surface area contributed by atoms with Crippen LogP contribution in [0.1, 0.15) is 11.8 Å². The second-order valence-corrected chi connectivity index (χ2v) is 6.77. The van der Waals surface area contributed by atoms with Crippen molar-refractivity contribution in [3.63, 3.8) is 0 Å². The smallest absolute Gasteiger partial charge is 0.228 e. The summed E-state index contributed by atoms with van der Waals surface area (Å²) in [6, 6.07) is 6.13. The molecule has 0 amide bonds. The van der Waals surface area contributed by atoms with Gasteiger partial charge in [0.2, 0.25) is 5.95 Å². The Bertz CT molecular complexity index is 1110. The van der Waals surface area contributed by atoms with E-state index in [1.54, 1.807) is 12.1 Å². The van der Waals surface area contributed by atoms with Gasteiger partial charge >= 0.3 is 0 Å². The molecule has 0 saturated carbocycles. The fourth-order valence-electron chi connectivity index (χ4n) is 3.26. The number of aliphatic hydroxyl groups excluding tert-OH is 3. The molecule has 1 aliphatic heterocycles. The van der Waals surface area contributed by atoms with Crippen LogP contribution in [0.2, 0.25) is 0 Å². The van der Waals surface area contributed by atoms with Gasteiger partial charge in [0.15, 0.2) is 28.9 Å². The van der Waals surface area contributed by atoms with Crippen LogP contribution in [0.4, 0.5) is 17.5 Å². The van der Waals surface area contributed by atoms with Crippen molar-refractivity contribution in [3.8, 4) is 0 Å². The second-order valence-electron chi connectivity index (χ2n) is 6.77. The van der Waals surface area contributed by atoms with Crippen molar-refractivity contribution in [1.82, 2.24) is 19.5 Å². The Hall–Kier alpha value is -3.24. The molecule has 1 aliphatic rings. The van der Waals surface area contributed by atoms with Crippen molar-refractivity contribution in [2.45, 2.75) is 24.5 Å². The Morgan fingerprint density at radius 3 is 2.84 bits per heavy atom. The number of nitrogens with two attached hydrogens (primary N) is 1. The Kier molecular flexibility index (Phi) is 5.75. The van der Waals surface area contributed by atoms with Gasteiger partial charge in [-0.15, -0.1) is 0 Å². The summed E-state index contributed by atoms with van der Waals surface area (Å²) in [7, 11) is 0. The number of aliphatic hydroxyl groups is 3. The predicted molar refractivity (Wildman–Crippen MR) is 106 cm³/mol. The lowest BCUT2D eigenvalue weighted by molar-refractivity contribution is -0.991. The standard InChI is InChI=1S/C17H20N8O6/c18-14-11-15(20-7-19-14)24(16-13(28)12(27)10(6-26)31-16)17(22-11)23-21-5-8-2-1-3-9(4-8)25(29)30/h1-5,7,10,12-13,16,25-29H,6H2,(H,22,23)(H2,18,19,20)/t10-,12-,13-,16+/m1/s1. The van der Waals surface area contributed by atoms with E-state index in [0.29, 0.717) is 5.56 Å². The lowest BCUT2D eigenvalue weighted by Gasteiger charge is -2.18. The molecule has 0 bridgehead atoms. The number of hydrogen-bond donors (Lipinski definition) is 7. The van der Waals surface area contributed by atoms with Crippen LogP contribution >= 0.6 is 0 Å². The van der Waals surface area contributed by atoms with E-state index in [0.717, 1.165) is 0 Å². The van der Waals surface area contributed by atoms with E-state index in [-0.39, 0.29) is 28.6 Å². The molecule has 2 aromatic heterocycles. The van der Waals surface area contributed by atoms with Crippen molar-refractivity contribution >= 4 is 34.8 Å². The number of aromatic nitrogens is 4. The van der Waals surface area contributed by atoms with Crippen LogP contribution in [0.15, 0.2) is 35.7 Å². The molecule has 1 aromatic carbocycles. The minimum absolute atomic E-state index is 0.0719. The number of ether oxygens (including phenoxy) is 1. The molecule has 8 N–H and O–H groups in total. The summed E-state index contributed by atoms with van der Waals surface area (Å²) in [5.41, 5.74) is 9.61. The van der Waals surface area contributed by atoms with E-state index >= 15 is 0 Å². The van der Waals surface area contributed by atoms with Gasteiger partial charge in [0.1, 0.15) is 24.6 Å². The minimum Gasteiger partial charge on any atom is -0.595 e. The van der Waals surface area contributed by atoms with Gasteiger partial charge < -0.3 is 31.0 Å². The highest BCUT2D eigenvalue weighted by Gasteiger charge is 2.45. The van der Waals surface area contributed by atoms with Gasteiger partial charge in [0.05, 0.1) is 12.8 Å². The number of fused-ring (bicyclic) bond motifs is 1. The molecule has 3 heterocycles. The predicted octanol–water partition coefficient (Wildman–Crippen LogP) is -2.13. The van der Waals surface area contributed by atoms with Crippen molar-refractivity contribution in [3.05, 3.63) is 41.4 Å². The first-order valence-electron chi connectivity index (χ1n) is 9.14. The average molecular weight is 432 g/mol. The molecule has 3 aromatic rings. The largest absolute Gasteiger partial charge is 0.595 e. The number of benzene rings is 1. The van der Waals surface area contributed by atoms with Gasteiger partial charge in [-0.25, -0.2) is 25.6 Å². The first-order chi connectivity index (χ1) is 14.9. The monoisotopic (exact) mass is 432 g/mol. The van der Waals surface area contributed by atoms with Crippen LogP contribution < -0.4 is 16.4 Å². The first kappa shape index (κ1) is 21.0. The Labute approximate surface area is 174 Å². The summed E-state index contributed by atoms with van der Waals surface area (Å²) in [6.45, 7) is -0.501. The maximum Gasteiger partial charge on any atom is 0.228 e. The molecule has 1 saturated heterocycles. The van der Waals surface area contributed by atoms with Gasteiger partial charge in [0, 0.05) is 17.7 Å². The molecule has 0 aliphatic carbocycles. The highest BCUT2D eigenvalue weighted by atomic mass is 16.8. The van der Waals surface area contributed by atoms with Crippen molar-refractivity contribution in [1.29, 1.82) is 0 Å². The normalized spacial score (nSPS) is 24.8. The summed E-state index contributed by atoms with van der Waals surface area (Å²) >= 11 is 0. The third-order valence-electron chi connectivity index (χ3n) is 4.79. The van der Waals surface area contributed by atoms with E-state index in [4.69, 9.17) is 15.7 Å². The number of anilines is 2. The Morgan fingerprint density at radius 2 is 2.13 bits per heavy atom. The first-order valence-corrected chi connectivity index (χ1v) is 9.14. The highest BCUT2D eigenvalue weighted by Crippen LogP contribution is 2.35. The number of hydrogen-bond acceptors (Lipinski definition) is 12. The van der Waals surface area contributed by atoms with Crippen LogP contribution in [0, 0.1) is 5.21 Å². The molecule has 31 heavy (non-hydrogen) atoms. The molecule has 164 valence electrons. The molecule has 1 fully saturated rings. The quantitative estimate of drug-likeness (QED) is 0.165. The van der Waals surface area contributed by atoms with Gasteiger partial charge in [-0.05, 0) is 0 Å². The average Bonchev–Trinajstić information content (AvgIpc) is 3.26. The fraction of sp³-hybridized carbons (Fsp3) is 0.294. The van der Waals surface area contributed by atoms with Crippen molar-refractivity contribution in [2.24, 2.45) is 5.10 Å². The zero-order valence-corrected chi connectivity index (χ0v) is 15.9. The zero-order chi connectivity index (χ0) is 22.1. The fourth-order valence-corrected chi connectivity index (χ4v) is 3.26. The van der Waals surface area contributed by atoms with Gasteiger partial charge in [-0.2, -0.15) is 10.3 Å². The minimum atomic E-state index is -1.39. The molecule has 0 radical (unpaired) electrons. The second kappa shape index (κ2) is 8.48. The van der Waals surface area contributed by atoms with E-state index in [1.807, 2.05) is 0 Å². The van der Waals surface area contributed by atoms with Gasteiger partial charge in [-0.3, -0.25) is 4.57 Å². The number of nitrogen functional groups attached to an aromatic ring is 1. The molecule has 4 rings (SSSR count). The summed E-state index contributed by atoms with van der Waals surface area (Å²) < 4.78 is 6.94. The summed E-state index contributed by atoms with van der Waals surface area (Å²) in [5, 5.41) is 53.1. The Morgan fingerprint density at radius 1 is 1.32 bits per heavy atom. The highest BCUT2D eigenvalue weighted by molar-refractivity contribution is 5.85. The number of nitrogens with one attached hydrogen (secondary N) is 2. The maximum atomic E-state index is 11.1. The molecule has 5 atom stereocenters. The lowest BCUT2D eigenvalue weighted by atomic mass is 10.1. The van der Waals surface area contributed by atoms with Crippen LogP contribution in [0.5, 0.6) is 0 Å². The summed E-state index contributed by atoms with van der Waals surface area (Å²) in [6.07, 6.45) is -2.28. The molecule has 14 nitrogen and oxygen atoms in total. The third-order valence-corrected chi connectivity index (χ3v) is 4.79. The van der Waals surface area contributed by atoms with E-state index in [1.165, 1.54) is 29.2 Å². The SMILES string of the molecule is Nc1ncnc2c1nc(NN=Cc1cccc([NH+]([O-])O)c1)n2[C@H]1O[C@H](CO)[C@@H](O)[C@H]1O.